The number of ether oxygens (including phenoxy) is 1. The first-order valence-electron chi connectivity index (χ1n) is 5.11. The van der Waals surface area contributed by atoms with Gasteiger partial charge in [-0.3, -0.25) is 9.59 Å². The van der Waals surface area contributed by atoms with Gasteiger partial charge in [-0.25, -0.2) is 4.98 Å². The molecule has 0 fully saturated rings. The fourth-order valence-electron chi connectivity index (χ4n) is 1.26. The van der Waals surface area contributed by atoms with E-state index < -0.39 is 5.91 Å². The molecule has 0 aliphatic heterocycles. The number of amides is 1. The Bertz CT molecular complexity index is 590. The van der Waals surface area contributed by atoms with Gasteiger partial charge in [-0.15, -0.1) is 0 Å². The predicted molar refractivity (Wildman–Crippen MR) is 67.2 cm³/mol. The van der Waals surface area contributed by atoms with Crippen molar-refractivity contribution in [3.8, 4) is 10.9 Å². The van der Waals surface area contributed by atoms with Gasteiger partial charge in [0, 0.05) is 12.5 Å². The van der Waals surface area contributed by atoms with Crippen LogP contribution in [0.2, 0.25) is 0 Å². The number of ketones is 1. The summed E-state index contributed by atoms with van der Waals surface area (Å²) in [6, 6.07) is 6.37. The van der Waals surface area contributed by atoms with Crippen LogP contribution in [0.5, 0.6) is 10.9 Å². The Morgan fingerprint density at radius 2 is 1.94 bits per heavy atom. The van der Waals surface area contributed by atoms with E-state index in [0.29, 0.717) is 21.4 Å². The SMILES string of the molecule is CC(=O)c1cnc(Oc2ccc(C(N)=O)cc2)s1. The molecule has 2 N–H and O–H groups in total. The summed E-state index contributed by atoms with van der Waals surface area (Å²) in [6.45, 7) is 1.47. The van der Waals surface area contributed by atoms with Crippen LogP contribution in [-0.4, -0.2) is 16.7 Å². The lowest BCUT2D eigenvalue weighted by Crippen LogP contribution is -2.10. The van der Waals surface area contributed by atoms with Gasteiger partial charge in [0.05, 0.1) is 11.1 Å². The van der Waals surface area contributed by atoms with Gasteiger partial charge in [0.1, 0.15) is 5.75 Å². The van der Waals surface area contributed by atoms with Crippen molar-refractivity contribution in [2.24, 2.45) is 5.73 Å². The molecule has 0 saturated carbocycles. The highest BCUT2D eigenvalue weighted by atomic mass is 32.1. The minimum atomic E-state index is -0.491. The summed E-state index contributed by atoms with van der Waals surface area (Å²) < 4.78 is 5.45. The van der Waals surface area contributed by atoms with Crippen molar-refractivity contribution >= 4 is 23.0 Å². The Labute approximate surface area is 107 Å². The number of thiazole rings is 1. The largest absolute Gasteiger partial charge is 0.431 e. The normalized spacial score (nSPS) is 10.1. The first-order chi connectivity index (χ1) is 8.56. The Morgan fingerprint density at radius 3 is 2.44 bits per heavy atom. The van der Waals surface area contributed by atoms with Gasteiger partial charge in [-0.1, -0.05) is 11.3 Å². The van der Waals surface area contributed by atoms with E-state index in [-0.39, 0.29) is 5.78 Å². The van der Waals surface area contributed by atoms with E-state index in [0.717, 1.165) is 0 Å². The van der Waals surface area contributed by atoms with Crippen LogP contribution in [0.25, 0.3) is 0 Å². The third-order valence-electron chi connectivity index (χ3n) is 2.18. The smallest absolute Gasteiger partial charge is 0.279 e. The quantitative estimate of drug-likeness (QED) is 0.856. The van der Waals surface area contributed by atoms with Crippen molar-refractivity contribution in [3.63, 3.8) is 0 Å². The summed E-state index contributed by atoms with van der Waals surface area (Å²) in [5.74, 6) is -0.00876. The zero-order valence-electron chi connectivity index (χ0n) is 9.54. The second kappa shape index (κ2) is 4.97. The number of carbonyl (C=O) groups excluding carboxylic acids is 2. The van der Waals surface area contributed by atoms with Crippen molar-refractivity contribution in [2.75, 3.05) is 0 Å². The van der Waals surface area contributed by atoms with Crippen LogP contribution in [0, 0.1) is 0 Å². The number of hydrogen-bond donors (Lipinski definition) is 1. The molecule has 0 atom stereocenters. The highest BCUT2D eigenvalue weighted by Crippen LogP contribution is 2.26. The molecule has 0 bridgehead atoms. The van der Waals surface area contributed by atoms with Crippen molar-refractivity contribution in [3.05, 3.63) is 40.9 Å². The van der Waals surface area contributed by atoms with Crippen LogP contribution >= 0.6 is 11.3 Å². The summed E-state index contributed by atoms with van der Waals surface area (Å²) in [4.78, 5) is 26.5. The van der Waals surface area contributed by atoms with Crippen molar-refractivity contribution in [1.82, 2.24) is 4.98 Å². The summed E-state index contributed by atoms with van der Waals surface area (Å²) in [7, 11) is 0. The van der Waals surface area contributed by atoms with E-state index in [4.69, 9.17) is 10.5 Å². The molecule has 0 aliphatic rings. The van der Waals surface area contributed by atoms with Gasteiger partial charge in [0.15, 0.2) is 5.78 Å². The lowest BCUT2D eigenvalue weighted by atomic mass is 10.2. The molecule has 0 unspecified atom stereocenters. The number of rotatable bonds is 4. The van der Waals surface area contributed by atoms with Gasteiger partial charge >= 0.3 is 0 Å². The number of benzene rings is 1. The second-order valence-corrected chi connectivity index (χ2v) is 4.53. The third kappa shape index (κ3) is 2.72. The molecule has 6 heteroatoms. The number of nitrogens with two attached hydrogens (primary N) is 1. The first kappa shape index (κ1) is 12.3. The molecule has 2 rings (SSSR count). The van der Waals surface area contributed by atoms with E-state index in [2.05, 4.69) is 4.98 Å². The fourth-order valence-corrected chi connectivity index (χ4v) is 1.94. The minimum Gasteiger partial charge on any atom is -0.431 e. The molecule has 0 saturated heterocycles. The number of carbonyl (C=O) groups is 2. The standard InChI is InChI=1S/C12H10N2O3S/c1-7(15)10-6-14-12(18-10)17-9-4-2-8(3-5-9)11(13)16/h2-6H,1H3,(H2,13,16). The van der Waals surface area contributed by atoms with Gasteiger partial charge in [0.25, 0.3) is 5.19 Å². The number of aromatic nitrogens is 1. The number of Topliss-reactive ketones (excluding diaryl/α,β-unsaturated/α-hetero) is 1. The van der Waals surface area contributed by atoms with Gasteiger partial charge in [-0.05, 0) is 24.3 Å². The Kier molecular flexibility index (Phi) is 3.38. The molecule has 0 aliphatic carbocycles. The first-order valence-corrected chi connectivity index (χ1v) is 5.92. The van der Waals surface area contributed by atoms with Crippen LogP contribution in [0.4, 0.5) is 0 Å². The van der Waals surface area contributed by atoms with Crippen LogP contribution in [0.3, 0.4) is 0 Å². The molecule has 1 amide bonds. The van der Waals surface area contributed by atoms with E-state index in [1.54, 1.807) is 24.3 Å². The maximum atomic E-state index is 11.1. The number of primary amides is 1. The van der Waals surface area contributed by atoms with Crippen LogP contribution < -0.4 is 10.5 Å². The zero-order chi connectivity index (χ0) is 13.1. The van der Waals surface area contributed by atoms with Crippen molar-refractivity contribution in [1.29, 1.82) is 0 Å². The van der Waals surface area contributed by atoms with Gasteiger partial charge < -0.3 is 10.5 Å². The maximum absolute atomic E-state index is 11.1. The molecule has 92 valence electrons. The molecule has 2 aromatic rings. The highest BCUT2D eigenvalue weighted by Gasteiger charge is 2.08. The van der Waals surface area contributed by atoms with Crippen LogP contribution in [-0.2, 0) is 0 Å². The summed E-state index contributed by atoms with van der Waals surface area (Å²) >= 11 is 1.17. The highest BCUT2D eigenvalue weighted by molar-refractivity contribution is 7.15. The number of hydrogen-bond acceptors (Lipinski definition) is 5. The zero-order valence-corrected chi connectivity index (χ0v) is 10.4. The number of nitrogens with zero attached hydrogens (tertiary/aromatic N) is 1. The molecule has 18 heavy (non-hydrogen) atoms. The van der Waals surface area contributed by atoms with E-state index >= 15 is 0 Å². The third-order valence-corrected chi connectivity index (χ3v) is 3.15. The summed E-state index contributed by atoms with van der Waals surface area (Å²) in [5.41, 5.74) is 5.53. The summed E-state index contributed by atoms with van der Waals surface area (Å²) in [6.07, 6.45) is 1.47. The van der Waals surface area contributed by atoms with Gasteiger partial charge in [0.2, 0.25) is 5.91 Å². The summed E-state index contributed by atoms with van der Waals surface area (Å²) in [5, 5.41) is 0.382. The fraction of sp³-hybridized carbons (Fsp3) is 0.0833. The minimum absolute atomic E-state index is 0.0496. The lowest BCUT2D eigenvalue weighted by Gasteiger charge is -2.01. The molecule has 0 radical (unpaired) electrons. The molecule has 1 heterocycles. The molecule has 1 aromatic heterocycles. The maximum Gasteiger partial charge on any atom is 0.279 e. The molecule has 5 nitrogen and oxygen atoms in total. The van der Waals surface area contributed by atoms with E-state index in [1.807, 2.05) is 0 Å². The molecular formula is C12H10N2O3S. The average Bonchev–Trinajstić information content (AvgIpc) is 2.78. The second-order valence-electron chi connectivity index (χ2n) is 3.54. The Hall–Kier alpha value is -2.21. The average molecular weight is 262 g/mol. The molecule has 0 spiro atoms. The van der Waals surface area contributed by atoms with Crippen LogP contribution in [0.15, 0.2) is 30.5 Å². The predicted octanol–water partition coefficient (Wildman–Crippen LogP) is 2.24. The lowest BCUT2D eigenvalue weighted by molar-refractivity contribution is 0.0996. The van der Waals surface area contributed by atoms with E-state index in [1.165, 1.54) is 24.5 Å². The van der Waals surface area contributed by atoms with Crippen LogP contribution in [0.1, 0.15) is 27.0 Å². The topological polar surface area (TPSA) is 82.3 Å². The van der Waals surface area contributed by atoms with Crippen molar-refractivity contribution in [2.45, 2.75) is 6.92 Å². The monoisotopic (exact) mass is 262 g/mol. The van der Waals surface area contributed by atoms with Crippen molar-refractivity contribution < 1.29 is 14.3 Å². The van der Waals surface area contributed by atoms with E-state index in [9.17, 15) is 9.59 Å². The van der Waals surface area contributed by atoms with Gasteiger partial charge in [-0.2, -0.15) is 0 Å². The Balaban J connectivity index is 2.13. The molecular weight excluding hydrogens is 252 g/mol. The Morgan fingerprint density at radius 1 is 1.28 bits per heavy atom. The molecule has 1 aromatic carbocycles.